The first-order valence-electron chi connectivity index (χ1n) is 7.59. The molecule has 2 rings (SSSR count). The Bertz CT molecular complexity index is 640. The van der Waals surface area contributed by atoms with Crippen LogP contribution in [0.2, 0.25) is 0 Å². The Morgan fingerprint density at radius 3 is 2.65 bits per heavy atom. The molecular weight excluding hydrogens is 296 g/mol. The first kappa shape index (κ1) is 16.7. The third kappa shape index (κ3) is 5.90. The third-order valence-electron chi connectivity index (χ3n) is 3.30. The number of aliphatic carboxylic acids is 1. The van der Waals surface area contributed by atoms with Crippen molar-refractivity contribution in [2.45, 2.75) is 32.2 Å². The summed E-state index contributed by atoms with van der Waals surface area (Å²) in [7, 11) is 0. The van der Waals surface area contributed by atoms with Crippen LogP contribution in [0.4, 0.5) is 0 Å². The van der Waals surface area contributed by atoms with Crippen molar-refractivity contribution >= 4 is 11.9 Å². The fraction of sp³-hybridized carbons (Fsp3) is 0.375. The number of unbranched alkanes of at least 4 members (excludes halogenated alkanes) is 2. The van der Waals surface area contributed by atoms with Crippen molar-refractivity contribution in [3.8, 4) is 11.3 Å². The monoisotopic (exact) mass is 316 g/mol. The molecule has 1 heterocycles. The van der Waals surface area contributed by atoms with Crippen LogP contribution < -0.4 is 5.32 Å². The van der Waals surface area contributed by atoms with Crippen molar-refractivity contribution < 1.29 is 14.7 Å². The van der Waals surface area contributed by atoms with Crippen LogP contribution >= 0.6 is 0 Å². The van der Waals surface area contributed by atoms with Crippen LogP contribution in [0.15, 0.2) is 36.5 Å². The van der Waals surface area contributed by atoms with Gasteiger partial charge in [-0.3, -0.25) is 9.59 Å². The van der Waals surface area contributed by atoms with Gasteiger partial charge in [-0.2, -0.15) is 0 Å². The molecule has 0 atom stereocenters. The number of carboxylic acid groups (broad SMARTS) is 1. The summed E-state index contributed by atoms with van der Waals surface area (Å²) in [6.45, 7) is 0.660. The van der Waals surface area contributed by atoms with E-state index in [4.69, 9.17) is 5.11 Å². The molecule has 0 spiro atoms. The van der Waals surface area contributed by atoms with E-state index in [1.165, 1.54) is 4.68 Å². The van der Waals surface area contributed by atoms with Crippen LogP contribution in [0.3, 0.4) is 0 Å². The molecule has 0 bridgehead atoms. The molecule has 0 fully saturated rings. The molecule has 0 aliphatic heterocycles. The maximum atomic E-state index is 11.8. The van der Waals surface area contributed by atoms with Crippen molar-refractivity contribution in [1.29, 1.82) is 0 Å². The van der Waals surface area contributed by atoms with Gasteiger partial charge in [-0.15, -0.1) is 5.10 Å². The lowest BCUT2D eigenvalue weighted by molar-refractivity contribution is -0.137. The quantitative estimate of drug-likeness (QED) is 0.686. The summed E-state index contributed by atoms with van der Waals surface area (Å²) in [6.07, 6.45) is 4.10. The molecule has 0 saturated carbocycles. The van der Waals surface area contributed by atoms with Gasteiger partial charge in [0.05, 0.1) is 6.20 Å². The minimum Gasteiger partial charge on any atom is -0.481 e. The molecule has 0 unspecified atom stereocenters. The molecule has 7 nitrogen and oxygen atoms in total. The highest BCUT2D eigenvalue weighted by molar-refractivity contribution is 5.75. The largest absolute Gasteiger partial charge is 0.481 e. The van der Waals surface area contributed by atoms with Crippen LogP contribution in [0, 0.1) is 0 Å². The highest BCUT2D eigenvalue weighted by Gasteiger charge is 2.07. The van der Waals surface area contributed by atoms with Crippen molar-refractivity contribution in [2.75, 3.05) is 6.54 Å². The average Bonchev–Trinajstić information content (AvgIpc) is 3.00. The molecule has 0 radical (unpaired) electrons. The van der Waals surface area contributed by atoms with Crippen LogP contribution in [0.25, 0.3) is 11.3 Å². The molecule has 7 heteroatoms. The molecule has 2 N–H and O–H groups in total. The van der Waals surface area contributed by atoms with Crippen LogP contribution in [-0.2, 0) is 16.1 Å². The number of carboxylic acids is 1. The summed E-state index contributed by atoms with van der Waals surface area (Å²) < 4.78 is 1.50. The summed E-state index contributed by atoms with van der Waals surface area (Å²) >= 11 is 0. The number of nitrogens with zero attached hydrogens (tertiary/aromatic N) is 3. The van der Waals surface area contributed by atoms with Crippen molar-refractivity contribution in [2.24, 2.45) is 0 Å². The van der Waals surface area contributed by atoms with Crippen molar-refractivity contribution in [3.63, 3.8) is 0 Å². The van der Waals surface area contributed by atoms with Gasteiger partial charge in [0.1, 0.15) is 12.2 Å². The highest BCUT2D eigenvalue weighted by Crippen LogP contribution is 2.14. The average molecular weight is 316 g/mol. The zero-order valence-corrected chi connectivity index (χ0v) is 12.8. The number of hydrogen-bond acceptors (Lipinski definition) is 4. The molecule has 23 heavy (non-hydrogen) atoms. The molecule has 1 aromatic carbocycles. The number of nitrogens with one attached hydrogen (secondary N) is 1. The van der Waals surface area contributed by atoms with Gasteiger partial charge >= 0.3 is 5.97 Å². The van der Waals surface area contributed by atoms with E-state index in [0.29, 0.717) is 13.0 Å². The van der Waals surface area contributed by atoms with Gasteiger partial charge in [0.25, 0.3) is 0 Å². The van der Waals surface area contributed by atoms with Gasteiger partial charge in [0, 0.05) is 18.5 Å². The summed E-state index contributed by atoms with van der Waals surface area (Å²) in [5, 5.41) is 19.3. The van der Waals surface area contributed by atoms with E-state index in [1.54, 1.807) is 6.20 Å². The first-order valence-corrected chi connectivity index (χ1v) is 7.59. The lowest BCUT2D eigenvalue weighted by atomic mass is 10.2. The molecule has 0 saturated heterocycles. The van der Waals surface area contributed by atoms with Gasteiger partial charge in [-0.05, 0) is 12.8 Å². The number of hydrogen-bond donors (Lipinski definition) is 2. The number of amides is 1. The van der Waals surface area contributed by atoms with Crippen LogP contribution in [0.5, 0.6) is 0 Å². The van der Waals surface area contributed by atoms with E-state index in [0.717, 1.165) is 24.1 Å². The van der Waals surface area contributed by atoms with Crippen molar-refractivity contribution in [1.82, 2.24) is 20.3 Å². The maximum Gasteiger partial charge on any atom is 0.303 e. The van der Waals surface area contributed by atoms with E-state index in [9.17, 15) is 9.59 Å². The molecule has 1 amide bonds. The van der Waals surface area contributed by atoms with E-state index in [1.807, 2.05) is 30.3 Å². The molecule has 122 valence electrons. The van der Waals surface area contributed by atoms with Crippen LogP contribution in [0.1, 0.15) is 25.7 Å². The van der Waals surface area contributed by atoms with E-state index in [2.05, 4.69) is 15.6 Å². The number of carbonyl (C=O) groups excluding carboxylic acids is 1. The summed E-state index contributed by atoms with van der Waals surface area (Å²) in [6, 6.07) is 9.64. The number of rotatable bonds is 9. The lowest BCUT2D eigenvalue weighted by Gasteiger charge is -2.04. The van der Waals surface area contributed by atoms with Gasteiger partial charge in [-0.1, -0.05) is 42.0 Å². The Labute approximate surface area is 134 Å². The van der Waals surface area contributed by atoms with Gasteiger partial charge in [0.2, 0.25) is 5.91 Å². The molecule has 1 aromatic heterocycles. The second-order valence-electron chi connectivity index (χ2n) is 5.22. The zero-order chi connectivity index (χ0) is 16.5. The smallest absolute Gasteiger partial charge is 0.303 e. The minimum atomic E-state index is -0.783. The third-order valence-corrected chi connectivity index (χ3v) is 3.30. The fourth-order valence-corrected chi connectivity index (χ4v) is 2.13. The predicted molar refractivity (Wildman–Crippen MR) is 84.6 cm³/mol. The Hall–Kier alpha value is -2.70. The predicted octanol–water partition coefficient (Wildman–Crippen LogP) is 1.71. The summed E-state index contributed by atoms with van der Waals surface area (Å²) in [4.78, 5) is 22.2. The molecule has 0 aliphatic rings. The standard InChI is InChI=1S/C16H20N4O3/c21-15(17-10-6-2-5-9-16(22)23)12-20-11-14(18-19-20)13-7-3-1-4-8-13/h1,3-4,7-8,11H,2,5-6,9-10,12H2,(H,17,21)(H,22,23). The Morgan fingerprint density at radius 2 is 1.91 bits per heavy atom. The number of carbonyl (C=O) groups is 2. The second-order valence-corrected chi connectivity index (χ2v) is 5.22. The topological polar surface area (TPSA) is 97.1 Å². The maximum absolute atomic E-state index is 11.8. The second kappa shape index (κ2) is 8.67. The molecular formula is C16H20N4O3. The van der Waals surface area contributed by atoms with Gasteiger partial charge < -0.3 is 10.4 Å². The Kier molecular flexibility index (Phi) is 6.28. The van der Waals surface area contributed by atoms with Gasteiger partial charge in [0.15, 0.2) is 0 Å². The SMILES string of the molecule is O=C(O)CCCCCNC(=O)Cn1cc(-c2ccccc2)nn1. The Balaban J connectivity index is 1.70. The van der Waals surface area contributed by atoms with E-state index >= 15 is 0 Å². The summed E-state index contributed by atoms with van der Waals surface area (Å²) in [5.74, 6) is -0.915. The highest BCUT2D eigenvalue weighted by atomic mass is 16.4. The fourth-order valence-electron chi connectivity index (χ4n) is 2.13. The summed E-state index contributed by atoms with van der Waals surface area (Å²) in [5.41, 5.74) is 1.68. The van der Waals surface area contributed by atoms with E-state index in [-0.39, 0.29) is 18.9 Å². The van der Waals surface area contributed by atoms with Crippen LogP contribution in [-0.4, -0.2) is 38.5 Å². The molecule has 0 aliphatic carbocycles. The van der Waals surface area contributed by atoms with Crippen molar-refractivity contribution in [3.05, 3.63) is 36.5 Å². The molecule has 2 aromatic rings. The first-order chi connectivity index (χ1) is 11.1. The zero-order valence-electron chi connectivity index (χ0n) is 12.8. The van der Waals surface area contributed by atoms with Gasteiger partial charge in [-0.25, -0.2) is 4.68 Å². The minimum absolute atomic E-state index is 0.120. The number of aromatic nitrogens is 3. The number of benzene rings is 1. The van der Waals surface area contributed by atoms with E-state index < -0.39 is 5.97 Å². The normalized spacial score (nSPS) is 10.4. The lowest BCUT2D eigenvalue weighted by Crippen LogP contribution is -2.28. The Morgan fingerprint density at radius 1 is 1.13 bits per heavy atom.